The van der Waals surface area contributed by atoms with Crippen molar-refractivity contribution in [2.75, 3.05) is 39.3 Å². The highest BCUT2D eigenvalue weighted by molar-refractivity contribution is 5.89. The van der Waals surface area contributed by atoms with Crippen LogP contribution in [0, 0.1) is 17.3 Å². The molecule has 0 radical (unpaired) electrons. The van der Waals surface area contributed by atoms with Gasteiger partial charge in [-0.15, -0.1) is 12.4 Å². The fourth-order valence-corrected chi connectivity index (χ4v) is 4.87. The molecular weight excluding hydrogens is 362 g/mol. The van der Waals surface area contributed by atoms with E-state index in [9.17, 15) is 9.59 Å². The zero-order valence-corrected chi connectivity index (χ0v) is 18.0. The maximum Gasteiger partial charge on any atom is 0.230 e. The average Bonchev–Trinajstić information content (AvgIpc) is 2.83. The van der Waals surface area contributed by atoms with Crippen molar-refractivity contribution in [3.63, 3.8) is 0 Å². The van der Waals surface area contributed by atoms with E-state index >= 15 is 0 Å². The summed E-state index contributed by atoms with van der Waals surface area (Å²) < 4.78 is 0. The number of carbonyl (C=O) groups is 2. The Morgan fingerprint density at radius 2 is 1.52 bits per heavy atom. The van der Waals surface area contributed by atoms with Crippen LogP contribution in [0.4, 0.5) is 0 Å². The molecule has 0 aromatic heterocycles. The van der Waals surface area contributed by atoms with Gasteiger partial charge in [-0.2, -0.15) is 0 Å². The van der Waals surface area contributed by atoms with Crippen molar-refractivity contribution in [2.45, 2.75) is 65.2 Å². The van der Waals surface area contributed by atoms with E-state index in [1.165, 1.54) is 12.8 Å². The van der Waals surface area contributed by atoms with E-state index in [1.54, 1.807) is 0 Å². The fourth-order valence-electron chi connectivity index (χ4n) is 4.87. The van der Waals surface area contributed by atoms with Crippen LogP contribution in [0.2, 0.25) is 0 Å². The van der Waals surface area contributed by atoms with Gasteiger partial charge in [0.05, 0.1) is 5.41 Å². The van der Waals surface area contributed by atoms with E-state index in [0.29, 0.717) is 24.8 Å². The quantitative estimate of drug-likeness (QED) is 0.793. The third-order valence-corrected chi connectivity index (χ3v) is 6.86. The van der Waals surface area contributed by atoms with E-state index < -0.39 is 5.41 Å². The predicted molar refractivity (Wildman–Crippen MR) is 111 cm³/mol. The number of nitrogens with one attached hydrogen (secondary N) is 1. The van der Waals surface area contributed by atoms with Gasteiger partial charge < -0.3 is 15.1 Å². The van der Waals surface area contributed by atoms with Crippen LogP contribution < -0.4 is 5.32 Å². The summed E-state index contributed by atoms with van der Waals surface area (Å²) in [6.45, 7) is 9.51. The summed E-state index contributed by atoms with van der Waals surface area (Å²) in [6.07, 6.45) is 7.97. The third kappa shape index (κ3) is 5.60. The maximum absolute atomic E-state index is 13.4. The standard InChI is InChI=1S/C21H37N3O2.ClH/c1-17-5-3-11-23(13-7-17)19(25)15-21(9-10-22-16-21)20(26)24-12-4-6-18(2)8-14-24;/h17-18,22H,3-16H2,1-2H3;1H. The lowest BCUT2D eigenvalue weighted by atomic mass is 9.81. The molecule has 1 N–H and O–H groups in total. The number of likely N-dealkylation sites (tertiary alicyclic amines) is 2. The van der Waals surface area contributed by atoms with Crippen LogP contribution in [-0.2, 0) is 9.59 Å². The average molecular weight is 400 g/mol. The fraction of sp³-hybridized carbons (Fsp3) is 0.905. The number of halogens is 1. The van der Waals surface area contributed by atoms with Gasteiger partial charge in [0.1, 0.15) is 0 Å². The Balaban J connectivity index is 0.00000261. The van der Waals surface area contributed by atoms with Crippen molar-refractivity contribution in [3.8, 4) is 0 Å². The zero-order chi connectivity index (χ0) is 18.6. The molecule has 6 heteroatoms. The summed E-state index contributed by atoms with van der Waals surface area (Å²) in [6, 6.07) is 0. The number of rotatable bonds is 3. The molecule has 3 aliphatic rings. The molecule has 2 amide bonds. The van der Waals surface area contributed by atoms with Crippen LogP contribution in [0.25, 0.3) is 0 Å². The van der Waals surface area contributed by atoms with Crippen LogP contribution in [0.3, 0.4) is 0 Å². The topological polar surface area (TPSA) is 52.7 Å². The van der Waals surface area contributed by atoms with Crippen molar-refractivity contribution in [1.82, 2.24) is 15.1 Å². The Morgan fingerprint density at radius 3 is 2.11 bits per heavy atom. The van der Waals surface area contributed by atoms with Gasteiger partial charge in [-0.1, -0.05) is 13.8 Å². The van der Waals surface area contributed by atoms with Crippen molar-refractivity contribution in [3.05, 3.63) is 0 Å². The Labute approximate surface area is 171 Å². The van der Waals surface area contributed by atoms with Crippen molar-refractivity contribution in [1.29, 1.82) is 0 Å². The Hall–Kier alpha value is -0.810. The van der Waals surface area contributed by atoms with Gasteiger partial charge in [-0.05, 0) is 63.3 Å². The minimum Gasteiger partial charge on any atom is -0.343 e. The van der Waals surface area contributed by atoms with Crippen LogP contribution in [0.15, 0.2) is 0 Å². The zero-order valence-electron chi connectivity index (χ0n) is 17.2. The lowest BCUT2D eigenvalue weighted by Gasteiger charge is -2.34. The molecular formula is C21H38ClN3O2. The molecule has 0 aromatic rings. The molecule has 0 aliphatic carbocycles. The van der Waals surface area contributed by atoms with E-state index in [4.69, 9.17) is 0 Å². The summed E-state index contributed by atoms with van der Waals surface area (Å²) >= 11 is 0. The molecule has 5 nitrogen and oxygen atoms in total. The van der Waals surface area contributed by atoms with Gasteiger partial charge in [-0.3, -0.25) is 9.59 Å². The normalized spacial score (nSPS) is 32.4. The Bertz CT molecular complexity index is 508. The van der Waals surface area contributed by atoms with Crippen LogP contribution in [0.1, 0.15) is 65.2 Å². The molecule has 3 unspecified atom stereocenters. The molecule has 3 heterocycles. The highest BCUT2D eigenvalue weighted by Gasteiger charge is 2.46. The number of nitrogens with zero attached hydrogens (tertiary/aromatic N) is 2. The number of hydrogen-bond acceptors (Lipinski definition) is 3. The molecule has 0 bridgehead atoms. The lowest BCUT2D eigenvalue weighted by molar-refractivity contribution is -0.147. The Morgan fingerprint density at radius 1 is 0.926 bits per heavy atom. The molecule has 0 spiro atoms. The minimum atomic E-state index is -0.511. The Kier molecular flexibility index (Phi) is 8.41. The van der Waals surface area contributed by atoms with E-state index in [-0.39, 0.29) is 24.2 Å². The van der Waals surface area contributed by atoms with Gasteiger partial charge in [0.15, 0.2) is 0 Å². The summed E-state index contributed by atoms with van der Waals surface area (Å²) in [7, 11) is 0. The van der Waals surface area contributed by atoms with Gasteiger partial charge in [-0.25, -0.2) is 0 Å². The number of carbonyl (C=O) groups excluding carboxylic acids is 2. The van der Waals surface area contributed by atoms with Crippen molar-refractivity contribution in [2.24, 2.45) is 17.3 Å². The molecule has 0 aromatic carbocycles. The molecule has 3 atom stereocenters. The predicted octanol–water partition coefficient (Wildman–Crippen LogP) is 3.08. The molecule has 3 saturated heterocycles. The van der Waals surface area contributed by atoms with Crippen LogP contribution in [0.5, 0.6) is 0 Å². The summed E-state index contributed by atoms with van der Waals surface area (Å²) in [5.74, 6) is 1.83. The SMILES string of the molecule is CC1CCCN(C(=O)CC2(C(=O)N3CCCC(C)CC3)CCNC2)CC1.Cl. The van der Waals surface area contributed by atoms with Crippen molar-refractivity contribution >= 4 is 24.2 Å². The van der Waals surface area contributed by atoms with Gasteiger partial charge in [0, 0.05) is 39.1 Å². The molecule has 3 fully saturated rings. The molecule has 3 aliphatic heterocycles. The maximum atomic E-state index is 13.4. The van der Waals surface area contributed by atoms with Gasteiger partial charge in [0.25, 0.3) is 0 Å². The first kappa shape index (κ1) is 22.5. The first-order valence-corrected chi connectivity index (χ1v) is 10.8. The first-order chi connectivity index (χ1) is 12.5. The van der Waals surface area contributed by atoms with Crippen molar-refractivity contribution < 1.29 is 9.59 Å². The second kappa shape index (κ2) is 10.1. The van der Waals surface area contributed by atoms with E-state index in [2.05, 4.69) is 24.1 Å². The van der Waals surface area contributed by atoms with Gasteiger partial charge >= 0.3 is 0 Å². The third-order valence-electron chi connectivity index (χ3n) is 6.86. The second-order valence-corrected chi connectivity index (χ2v) is 9.13. The summed E-state index contributed by atoms with van der Waals surface area (Å²) in [4.78, 5) is 30.6. The van der Waals surface area contributed by atoms with Crippen LogP contribution >= 0.6 is 12.4 Å². The number of hydrogen-bond donors (Lipinski definition) is 1. The summed E-state index contributed by atoms with van der Waals surface area (Å²) in [5, 5.41) is 3.37. The largest absolute Gasteiger partial charge is 0.343 e. The first-order valence-electron chi connectivity index (χ1n) is 10.8. The highest BCUT2D eigenvalue weighted by atomic mass is 35.5. The summed E-state index contributed by atoms with van der Waals surface area (Å²) in [5.41, 5.74) is -0.511. The smallest absolute Gasteiger partial charge is 0.230 e. The molecule has 27 heavy (non-hydrogen) atoms. The second-order valence-electron chi connectivity index (χ2n) is 9.13. The molecule has 156 valence electrons. The molecule has 3 rings (SSSR count). The van der Waals surface area contributed by atoms with Gasteiger partial charge in [0.2, 0.25) is 11.8 Å². The van der Waals surface area contributed by atoms with E-state index in [0.717, 1.165) is 64.8 Å². The lowest BCUT2D eigenvalue weighted by Crippen LogP contribution is -2.48. The van der Waals surface area contributed by atoms with Crippen LogP contribution in [-0.4, -0.2) is 60.9 Å². The monoisotopic (exact) mass is 399 g/mol. The highest BCUT2D eigenvalue weighted by Crippen LogP contribution is 2.34. The number of amides is 2. The minimum absolute atomic E-state index is 0. The molecule has 0 saturated carbocycles. The van der Waals surface area contributed by atoms with E-state index in [1.807, 2.05) is 4.90 Å².